The summed E-state index contributed by atoms with van der Waals surface area (Å²) in [5, 5.41) is 9.32. The maximum absolute atomic E-state index is 11.2. The quantitative estimate of drug-likeness (QED) is 0.933. The Hall–Kier alpha value is -2.34. The average molecular weight is 295 g/mol. The summed E-state index contributed by atoms with van der Waals surface area (Å²) in [5.41, 5.74) is 0.833. The second kappa shape index (κ2) is 5.75. The van der Waals surface area contributed by atoms with Crippen molar-refractivity contribution in [1.82, 2.24) is 9.97 Å². The number of halogens is 1. The van der Waals surface area contributed by atoms with E-state index in [0.717, 1.165) is 5.56 Å². The number of aryl methyl sites for hydroxylation is 1. The van der Waals surface area contributed by atoms with E-state index in [-0.39, 0.29) is 28.2 Å². The van der Waals surface area contributed by atoms with Crippen molar-refractivity contribution in [2.45, 2.75) is 6.92 Å². The Morgan fingerprint density at radius 1 is 1.40 bits per heavy atom. The number of hydrogen-bond acceptors (Lipinski definition) is 5. The Balaban J connectivity index is 2.42. The van der Waals surface area contributed by atoms with Gasteiger partial charge in [-0.25, -0.2) is 9.78 Å². The number of carboxylic acids is 1. The first-order valence-corrected chi connectivity index (χ1v) is 5.97. The van der Waals surface area contributed by atoms with Crippen LogP contribution < -0.4 is 9.47 Å². The SMILES string of the molecule is COc1ncc(Cl)c(Oc2ccc(C)cc2C(=O)O)n1. The molecule has 0 spiro atoms. The summed E-state index contributed by atoms with van der Waals surface area (Å²) in [6.07, 6.45) is 1.32. The van der Waals surface area contributed by atoms with Gasteiger partial charge in [-0.05, 0) is 19.1 Å². The molecule has 2 aromatic rings. The Morgan fingerprint density at radius 2 is 2.15 bits per heavy atom. The van der Waals surface area contributed by atoms with Crippen molar-refractivity contribution in [3.8, 4) is 17.6 Å². The predicted octanol–water partition coefficient (Wildman–Crippen LogP) is 2.94. The zero-order valence-corrected chi connectivity index (χ0v) is 11.5. The maximum atomic E-state index is 11.2. The number of nitrogens with zero attached hydrogens (tertiary/aromatic N) is 2. The van der Waals surface area contributed by atoms with Gasteiger partial charge in [0.25, 0.3) is 0 Å². The van der Waals surface area contributed by atoms with Gasteiger partial charge >= 0.3 is 12.0 Å². The van der Waals surface area contributed by atoms with Crippen LogP contribution in [0, 0.1) is 6.92 Å². The molecule has 1 N–H and O–H groups in total. The van der Waals surface area contributed by atoms with Crippen LogP contribution in [0.2, 0.25) is 5.02 Å². The summed E-state index contributed by atoms with van der Waals surface area (Å²) in [6, 6.07) is 4.86. The Kier molecular flexibility index (Phi) is 4.05. The fourth-order valence-electron chi connectivity index (χ4n) is 1.51. The second-order valence-corrected chi connectivity index (χ2v) is 4.32. The van der Waals surface area contributed by atoms with Gasteiger partial charge in [-0.15, -0.1) is 0 Å². The van der Waals surface area contributed by atoms with E-state index < -0.39 is 5.97 Å². The molecular formula is C13H11ClN2O4. The van der Waals surface area contributed by atoms with Gasteiger partial charge in [-0.1, -0.05) is 23.2 Å². The number of aromatic nitrogens is 2. The third-order valence-electron chi connectivity index (χ3n) is 2.44. The van der Waals surface area contributed by atoms with E-state index in [4.69, 9.17) is 26.2 Å². The van der Waals surface area contributed by atoms with E-state index in [1.54, 1.807) is 19.1 Å². The summed E-state index contributed by atoms with van der Waals surface area (Å²) in [4.78, 5) is 18.9. The van der Waals surface area contributed by atoms with Crippen LogP contribution in [0.1, 0.15) is 15.9 Å². The summed E-state index contributed by atoms with van der Waals surface area (Å²) in [7, 11) is 1.40. The monoisotopic (exact) mass is 294 g/mol. The van der Waals surface area contributed by atoms with Gasteiger partial charge in [0, 0.05) is 0 Å². The van der Waals surface area contributed by atoms with E-state index >= 15 is 0 Å². The third-order valence-corrected chi connectivity index (χ3v) is 2.70. The Bertz CT molecular complexity index is 661. The van der Waals surface area contributed by atoms with Gasteiger partial charge in [-0.3, -0.25) is 0 Å². The zero-order chi connectivity index (χ0) is 14.7. The molecule has 0 aliphatic rings. The van der Waals surface area contributed by atoms with Gasteiger partial charge in [-0.2, -0.15) is 4.98 Å². The number of rotatable bonds is 4. The molecule has 6 nitrogen and oxygen atoms in total. The van der Waals surface area contributed by atoms with Crippen LogP contribution in [0.15, 0.2) is 24.4 Å². The average Bonchev–Trinajstić information content (AvgIpc) is 2.42. The van der Waals surface area contributed by atoms with Crippen molar-refractivity contribution in [1.29, 1.82) is 0 Å². The van der Waals surface area contributed by atoms with Crippen molar-refractivity contribution in [3.63, 3.8) is 0 Å². The molecule has 0 fully saturated rings. The topological polar surface area (TPSA) is 81.5 Å². The number of carbonyl (C=O) groups is 1. The first-order chi connectivity index (χ1) is 9.51. The van der Waals surface area contributed by atoms with Gasteiger partial charge in [0.05, 0.1) is 13.3 Å². The van der Waals surface area contributed by atoms with Crippen LogP contribution in [0.5, 0.6) is 17.6 Å². The smallest absolute Gasteiger partial charge is 0.339 e. The fraction of sp³-hybridized carbons (Fsp3) is 0.154. The molecule has 7 heteroatoms. The van der Waals surface area contributed by atoms with E-state index in [1.807, 2.05) is 0 Å². The lowest BCUT2D eigenvalue weighted by Crippen LogP contribution is -2.02. The highest BCUT2D eigenvalue weighted by Crippen LogP contribution is 2.30. The Morgan fingerprint density at radius 3 is 2.80 bits per heavy atom. The molecule has 0 aliphatic heterocycles. The number of benzene rings is 1. The number of methoxy groups -OCH3 is 1. The third kappa shape index (κ3) is 2.97. The van der Waals surface area contributed by atoms with Crippen molar-refractivity contribution in [2.75, 3.05) is 7.11 Å². The van der Waals surface area contributed by atoms with Crippen LogP contribution >= 0.6 is 11.6 Å². The van der Waals surface area contributed by atoms with E-state index in [2.05, 4.69) is 9.97 Å². The maximum Gasteiger partial charge on any atom is 0.339 e. The molecular weight excluding hydrogens is 284 g/mol. The standard InChI is InChI=1S/C13H11ClN2O4/c1-7-3-4-10(8(5-7)12(17)18)20-11-9(14)6-15-13(16-11)19-2/h3-6H,1-2H3,(H,17,18). The van der Waals surface area contributed by atoms with Crippen molar-refractivity contribution < 1.29 is 19.4 Å². The van der Waals surface area contributed by atoms with E-state index in [0.29, 0.717) is 0 Å². The molecule has 1 aromatic heterocycles. The molecule has 0 bridgehead atoms. The Labute approximate surface area is 120 Å². The molecule has 0 amide bonds. The normalized spacial score (nSPS) is 10.2. The summed E-state index contributed by atoms with van der Waals surface area (Å²) in [6.45, 7) is 1.79. The highest BCUT2D eigenvalue weighted by atomic mass is 35.5. The van der Waals surface area contributed by atoms with E-state index in [9.17, 15) is 4.79 Å². The van der Waals surface area contributed by atoms with Gasteiger partial charge < -0.3 is 14.6 Å². The number of ether oxygens (including phenoxy) is 2. The highest BCUT2D eigenvalue weighted by Gasteiger charge is 2.15. The minimum absolute atomic E-state index is 0.0265. The first kappa shape index (κ1) is 14.1. The van der Waals surface area contributed by atoms with Crippen LogP contribution in [0.25, 0.3) is 0 Å². The number of carboxylic acid groups (broad SMARTS) is 1. The first-order valence-electron chi connectivity index (χ1n) is 5.59. The van der Waals surface area contributed by atoms with Crippen LogP contribution in [0.4, 0.5) is 0 Å². The summed E-state index contributed by atoms with van der Waals surface area (Å²) >= 11 is 5.91. The second-order valence-electron chi connectivity index (χ2n) is 3.92. The summed E-state index contributed by atoms with van der Waals surface area (Å²) < 4.78 is 10.3. The van der Waals surface area contributed by atoms with Crippen LogP contribution in [-0.2, 0) is 0 Å². The van der Waals surface area contributed by atoms with Crippen LogP contribution in [0.3, 0.4) is 0 Å². The lowest BCUT2D eigenvalue weighted by Gasteiger charge is -2.10. The fourth-order valence-corrected chi connectivity index (χ4v) is 1.64. The molecule has 0 unspecified atom stereocenters. The highest BCUT2D eigenvalue weighted by molar-refractivity contribution is 6.31. The molecule has 1 aromatic carbocycles. The minimum Gasteiger partial charge on any atom is -0.478 e. The molecule has 0 saturated carbocycles. The van der Waals surface area contributed by atoms with Crippen molar-refractivity contribution >= 4 is 17.6 Å². The molecule has 2 rings (SSSR count). The lowest BCUT2D eigenvalue weighted by atomic mass is 10.1. The molecule has 1 heterocycles. The molecule has 104 valence electrons. The largest absolute Gasteiger partial charge is 0.478 e. The van der Waals surface area contributed by atoms with Crippen molar-refractivity contribution in [3.05, 3.63) is 40.5 Å². The predicted molar refractivity (Wildman–Crippen MR) is 71.8 cm³/mol. The zero-order valence-electron chi connectivity index (χ0n) is 10.8. The summed E-state index contributed by atoms with van der Waals surface area (Å²) in [5.74, 6) is -0.920. The molecule has 20 heavy (non-hydrogen) atoms. The number of aromatic carboxylic acids is 1. The van der Waals surface area contributed by atoms with Gasteiger partial charge in [0.15, 0.2) is 0 Å². The molecule has 0 saturated heterocycles. The van der Waals surface area contributed by atoms with Gasteiger partial charge in [0.1, 0.15) is 16.3 Å². The van der Waals surface area contributed by atoms with Crippen molar-refractivity contribution in [2.24, 2.45) is 0 Å². The lowest BCUT2D eigenvalue weighted by molar-refractivity contribution is 0.0694. The molecule has 0 atom stereocenters. The minimum atomic E-state index is -1.10. The number of hydrogen-bond donors (Lipinski definition) is 1. The van der Waals surface area contributed by atoms with Crippen LogP contribution in [-0.4, -0.2) is 28.2 Å². The van der Waals surface area contributed by atoms with E-state index in [1.165, 1.54) is 19.4 Å². The molecule has 0 radical (unpaired) electrons. The van der Waals surface area contributed by atoms with Gasteiger partial charge in [0.2, 0.25) is 5.88 Å². The molecule has 0 aliphatic carbocycles.